The van der Waals surface area contributed by atoms with E-state index < -0.39 is 0 Å². The van der Waals surface area contributed by atoms with Crippen molar-refractivity contribution >= 4 is 34.4 Å². The topological polar surface area (TPSA) is 58.0 Å². The van der Waals surface area contributed by atoms with Gasteiger partial charge in [0.1, 0.15) is 0 Å². The van der Waals surface area contributed by atoms with Gasteiger partial charge in [0.05, 0.1) is 11.0 Å². The second kappa shape index (κ2) is 5.03. The Kier molecular flexibility index (Phi) is 3.01. The van der Waals surface area contributed by atoms with Crippen LogP contribution in [0.25, 0.3) is 16.8 Å². The first-order valence-corrected chi connectivity index (χ1v) is 7.40. The van der Waals surface area contributed by atoms with Gasteiger partial charge in [0.25, 0.3) is 5.78 Å². The molecule has 110 valence electrons. The van der Waals surface area contributed by atoms with Crippen LogP contribution in [-0.2, 0) is 6.54 Å². The highest BCUT2D eigenvalue weighted by molar-refractivity contribution is 6.31. The van der Waals surface area contributed by atoms with Gasteiger partial charge in [-0.1, -0.05) is 35.9 Å². The Hall–Kier alpha value is -2.53. The van der Waals surface area contributed by atoms with Crippen LogP contribution in [0.1, 0.15) is 11.1 Å². The van der Waals surface area contributed by atoms with Gasteiger partial charge in [-0.2, -0.15) is 4.98 Å². The van der Waals surface area contributed by atoms with Crippen LogP contribution in [0.4, 0.5) is 5.95 Å². The number of fused-ring (bicyclic) bond motifs is 3. The van der Waals surface area contributed by atoms with Crippen LogP contribution in [0.15, 0.2) is 42.5 Å². The Morgan fingerprint density at radius 3 is 2.91 bits per heavy atom. The molecule has 2 aromatic heterocycles. The van der Waals surface area contributed by atoms with Crippen molar-refractivity contribution in [2.24, 2.45) is 0 Å². The first-order valence-electron chi connectivity index (χ1n) is 7.03. The van der Waals surface area contributed by atoms with Crippen LogP contribution in [0.2, 0.25) is 5.02 Å². The number of nitrogens with one attached hydrogen (secondary N) is 2. The van der Waals surface area contributed by atoms with Crippen LogP contribution in [0.3, 0.4) is 0 Å². The highest BCUT2D eigenvalue weighted by atomic mass is 35.5. The molecule has 4 rings (SSSR count). The summed E-state index contributed by atoms with van der Waals surface area (Å²) in [5.74, 6) is 1.33. The van der Waals surface area contributed by atoms with Crippen molar-refractivity contribution in [1.29, 1.82) is 0 Å². The lowest BCUT2D eigenvalue weighted by atomic mass is 10.2. The molecular weight excluding hydrogens is 298 g/mol. The number of anilines is 1. The smallest absolute Gasteiger partial charge is 0.253 e. The van der Waals surface area contributed by atoms with Gasteiger partial charge in [0.2, 0.25) is 5.95 Å². The molecular formula is C16H14ClN5. The Labute approximate surface area is 131 Å². The first kappa shape index (κ1) is 13.2. The molecule has 4 aromatic rings. The lowest BCUT2D eigenvalue weighted by Gasteiger charge is -2.04. The molecule has 0 fully saturated rings. The number of aryl methyl sites for hydroxylation is 1. The van der Waals surface area contributed by atoms with Crippen LogP contribution in [0, 0.1) is 6.92 Å². The van der Waals surface area contributed by atoms with Crippen molar-refractivity contribution in [3.8, 4) is 0 Å². The summed E-state index contributed by atoms with van der Waals surface area (Å²) in [4.78, 5) is 8.99. The molecule has 0 saturated carbocycles. The van der Waals surface area contributed by atoms with Crippen molar-refractivity contribution in [1.82, 2.24) is 19.6 Å². The molecule has 0 saturated heterocycles. The van der Waals surface area contributed by atoms with Crippen LogP contribution < -0.4 is 5.32 Å². The molecule has 2 aromatic carbocycles. The third-order valence-electron chi connectivity index (χ3n) is 3.63. The predicted octanol–water partition coefficient (Wildman–Crippen LogP) is 3.78. The second-order valence-corrected chi connectivity index (χ2v) is 5.66. The van der Waals surface area contributed by atoms with E-state index in [1.54, 1.807) is 0 Å². The molecule has 2 heterocycles. The number of halogens is 1. The minimum Gasteiger partial charge on any atom is -0.350 e. The Bertz CT molecular complexity index is 969. The number of hydrogen-bond acceptors (Lipinski definition) is 3. The summed E-state index contributed by atoms with van der Waals surface area (Å²) in [7, 11) is 0. The maximum atomic E-state index is 6.15. The van der Waals surface area contributed by atoms with Gasteiger partial charge >= 0.3 is 0 Å². The van der Waals surface area contributed by atoms with E-state index in [4.69, 9.17) is 11.6 Å². The molecule has 2 N–H and O–H groups in total. The van der Waals surface area contributed by atoms with Crippen molar-refractivity contribution in [3.05, 3.63) is 58.6 Å². The van der Waals surface area contributed by atoms with Gasteiger partial charge in [-0.15, -0.1) is 0 Å². The molecule has 0 atom stereocenters. The van der Waals surface area contributed by atoms with E-state index in [2.05, 4.69) is 39.4 Å². The van der Waals surface area contributed by atoms with Gasteiger partial charge < -0.3 is 5.32 Å². The Morgan fingerprint density at radius 1 is 1.18 bits per heavy atom. The Balaban J connectivity index is 1.64. The third kappa shape index (κ3) is 2.19. The van der Waals surface area contributed by atoms with E-state index >= 15 is 0 Å². The first-order chi connectivity index (χ1) is 10.7. The largest absolute Gasteiger partial charge is 0.350 e. The summed E-state index contributed by atoms with van der Waals surface area (Å²) >= 11 is 6.15. The van der Waals surface area contributed by atoms with Crippen molar-refractivity contribution in [2.45, 2.75) is 13.5 Å². The quantitative estimate of drug-likeness (QED) is 0.605. The molecule has 0 spiro atoms. The number of H-pyrrole nitrogens is 1. The number of rotatable bonds is 3. The van der Waals surface area contributed by atoms with Gasteiger partial charge in [-0.25, -0.2) is 9.50 Å². The molecule has 5 nitrogen and oxygen atoms in total. The summed E-state index contributed by atoms with van der Waals surface area (Å²) in [6.07, 6.45) is 0. The van der Waals surface area contributed by atoms with E-state index in [-0.39, 0.29) is 0 Å². The zero-order valence-electron chi connectivity index (χ0n) is 12.0. The highest BCUT2D eigenvalue weighted by Gasteiger charge is 2.09. The van der Waals surface area contributed by atoms with Gasteiger partial charge in [-0.3, -0.25) is 5.10 Å². The fourth-order valence-corrected chi connectivity index (χ4v) is 2.70. The average Bonchev–Trinajstić information content (AvgIpc) is 3.03. The molecule has 0 amide bonds. The molecule has 0 aliphatic heterocycles. The second-order valence-electron chi connectivity index (χ2n) is 5.26. The van der Waals surface area contributed by atoms with Crippen molar-refractivity contribution in [2.75, 3.05) is 5.32 Å². The summed E-state index contributed by atoms with van der Waals surface area (Å²) in [6, 6.07) is 13.9. The SMILES string of the molecule is Cc1ccc2c(c1)nc1nc(NCc3ccccc3Cl)[nH]n12. The van der Waals surface area contributed by atoms with E-state index in [1.807, 2.05) is 34.8 Å². The monoisotopic (exact) mass is 311 g/mol. The number of hydrogen-bond donors (Lipinski definition) is 2. The number of nitrogens with zero attached hydrogens (tertiary/aromatic N) is 3. The maximum absolute atomic E-state index is 6.15. The fraction of sp³-hybridized carbons (Fsp3) is 0.125. The van der Waals surface area contributed by atoms with Gasteiger partial charge in [-0.05, 0) is 36.2 Å². The molecule has 0 radical (unpaired) electrons. The van der Waals surface area contributed by atoms with Crippen LogP contribution >= 0.6 is 11.6 Å². The van der Waals surface area contributed by atoms with E-state index in [0.717, 1.165) is 21.6 Å². The lowest BCUT2D eigenvalue weighted by Crippen LogP contribution is -2.01. The fourth-order valence-electron chi connectivity index (χ4n) is 2.49. The number of benzene rings is 2. The summed E-state index contributed by atoms with van der Waals surface area (Å²) in [6.45, 7) is 2.66. The lowest BCUT2D eigenvalue weighted by molar-refractivity contribution is 0.987. The molecule has 0 bridgehead atoms. The number of aromatic nitrogens is 4. The minimum atomic E-state index is 0.605. The zero-order valence-corrected chi connectivity index (χ0v) is 12.7. The predicted molar refractivity (Wildman–Crippen MR) is 88.4 cm³/mol. The normalized spacial score (nSPS) is 11.4. The minimum absolute atomic E-state index is 0.605. The highest BCUT2D eigenvalue weighted by Crippen LogP contribution is 2.19. The molecule has 0 unspecified atom stereocenters. The maximum Gasteiger partial charge on any atom is 0.253 e. The molecule has 0 aliphatic rings. The van der Waals surface area contributed by atoms with Gasteiger partial charge in [0, 0.05) is 11.6 Å². The molecule has 6 heteroatoms. The third-order valence-corrected chi connectivity index (χ3v) is 3.99. The average molecular weight is 312 g/mol. The van der Waals surface area contributed by atoms with Crippen molar-refractivity contribution in [3.63, 3.8) is 0 Å². The van der Waals surface area contributed by atoms with E-state index in [9.17, 15) is 0 Å². The Morgan fingerprint density at radius 2 is 2.05 bits per heavy atom. The van der Waals surface area contributed by atoms with Crippen LogP contribution in [0.5, 0.6) is 0 Å². The standard InChI is InChI=1S/C16H14ClN5/c1-10-6-7-14-13(8-10)19-16-20-15(21-22(14)16)18-9-11-4-2-3-5-12(11)17/h2-8H,9H2,1H3,(H2,18,19,20,21). The van der Waals surface area contributed by atoms with Crippen LogP contribution in [-0.4, -0.2) is 19.6 Å². The molecule has 0 aliphatic carbocycles. The van der Waals surface area contributed by atoms with E-state index in [1.165, 1.54) is 5.56 Å². The number of aromatic amines is 1. The molecule has 22 heavy (non-hydrogen) atoms. The van der Waals surface area contributed by atoms with Gasteiger partial charge in [0.15, 0.2) is 0 Å². The summed E-state index contributed by atoms with van der Waals surface area (Å²) < 4.78 is 1.88. The van der Waals surface area contributed by atoms with E-state index in [0.29, 0.717) is 18.3 Å². The zero-order chi connectivity index (χ0) is 15.1. The summed E-state index contributed by atoms with van der Waals surface area (Å²) in [5, 5.41) is 7.20. The number of imidazole rings is 1. The summed E-state index contributed by atoms with van der Waals surface area (Å²) in [5.41, 5.74) is 4.17. The van der Waals surface area contributed by atoms with Crippen molar-refractivity contribution < 1.29 is 0 Å².